The van der Waals surface area contributed by atoms with Crippen molar-refractivity contribution in [3.63, 3.8) is 0 Å². The summed E-state index contributed by atoms with van der Waals surface area (Å²) in [6, 6.07) is 11.3. The number of carbonyl (C=O) groups excluding carboxylic acids is 3. The van der Waals surface area contributed by atoms with Gasteiger partial charge in [0, 0.05) is 11.6 Å². The Morgan fingerprint density at radius 2 is 1.76 bits per heavy atom. The first-order valence-corrected chi connectivity index (χ1v) is 9.32. The van der Waals surface area contributed by atoms with E-state index in [1.807, 2.05) is 26.8 Å². The van der Waals surface area contributed by atoms with Crippen LogP contribution >= 0.6 is 0 Å². The van der Waals surface area contributed by atoms with Crippen LogP contribution in [0.4, 0.5) is 10.5 Å². The molecule has 1 N–H and O–H groups in total. The molecule has 7 heteroatoms. The van der Waals surface area contributed by atoms with Gasteiger partial charge in [0.2, 0.25) is 0 Å². The molecule has 0 radical (unpaired) electrons. The van der Waals surface area contributed by atoms with Crippen LogP contribution in [0.1, 0.15) is 25.0 Å². The molecule has 2 aromatic carbocycles. The van der Waals surface area contributed by atoms with Gasteiger partial charge in [-0.15, -0.1) is 0 Å². The lowest BCUT2D eigenvalue weighted by atomic mass is 10.1. The van der Waals surface area contributed by atoms with Gasteiger partial charge in [0.1, 0.15) is 17.1 Å². The number of amides is 4. The lowest BCUT2D eigenvalue weighted by molar-refractivity contribution is -0.122. The monoisotopic (exact) mass is 394 g/mol. The van der Waals surface area contributed by atoms with Crippen molar-refractivity contribution in [2.24, 2.45) is 0 Å². The summed E-state index contributed by atoms with van der Waals surface area (Å²) in [7, 11) is 0. The number of barbiturate groups is 1. The molecule has 1 heterocycles. The molecular formula is C22H22N2O5. The van der Waals surface area contributed by atoms with E-state index >= 15 is 0 Å². The molecule has 4 amide bonds. The molecule has 1 fully saturated rings. The van der Waals surface area contributed by atoms with Crippen molar-refractivity contribution in [2.75, 3.05) is 18.1 Å². The number of urea groups is 1. The van der Waals surface area contributed by atoms with Gasteiger partial charge in [-0.2, -0.15) is 0 Å². The fraction of sp³-hybridized carbons (Fsp3) is 0.227. The van der Waals surface area contributed by atoms with Crippen molar-refractivity contribution >= 4 is 29.6 Å². The molecule has 3 rings (SSSR count). The van der Waals surface area contributed by atoms with Crippen molar-refractivity contribution < 1.29 is 23.9 Å². The summed E-state index contributed by atoms with van der Waals surface area (Å²) in [5.74, 6) is -0.347. The summed E-state index contributed by atoms with van der Waals surface area (Å²) in [5, 5.41) is 2.22. The molecule has 1 aliphatic rings. The summed E-state index contributed by atoms with van der Waals surface area (Å²) >= 11 is 0. The Kier molecular flexibility index (Phi) is 5.97. The summed E-state index contributed by atoms with van der Waals surface area (Å²) in [6.07, 6.45) is 1.42. The number of hydrogen-bond acceptors (Lipinski definition) is 5. The number of hydrogen-bond donors (Lipinski definition) is 1. The summed E-state index contributed by atoms with van der Waals surface area (Å²) in [4.78, 5) is 38.7. The summed E-state index contributed by atoms with van der Waals surface area (Å²) in [5.41, 5.74) is 1.65. The van der Waals surface area contributed by atoms with E-state index in [4.69, 9.17) is 9.47 Å². The third-order valence-corrected chi connectivity index (χ3v) is 4.26. The average molecular weight is 394 g/mol. The Bertz CT molecular complexity index is 996. The molecule has 150 valence electrons. The standard InChI is InChI=1S/C22H22N2O5/c1-4-28-17-10-9-15(19(13-17)29-5-2)12-18-20(25)23-22(27)24(21(18)26)16-8-6-7-14(3)11-16/h6-13H,4-5H2,1-3H3,(H,23,25,27). The van der Waals surface area contributed by atoms with Crippen molar-refractivity contribution in [3.05, 3.63) is 59.2 Å². The van der Waals surface area contributed by atoms with Gasteiger partial charge >= 0.3 is 6.03 Å². The number of ether oxygens (including phenoxy) is 2. The molecule has 1 saturated heterocycles. The minimum atomic E-state index is -0.778. The summed E-state index contributed by atoms with van der Waals surface area (Å²) < 4.78 is 11.1. The molecule has 0 atom stereocenters. The Morgan fingerprint density at radius 1 is 1.00 bits per heavy atom. The number of rotatable bonds is 6. The molecule has 0 aromatic heterocycles. The molecule has 0 spiro atoms. The zero-order valence-corrected chi connectivity index (χ0v) is 16.5. The molecule has 0 bridgehead atoms. The number of aryl methyl sites for hydroxylation is 1. The van der Waals surface area contributed by atoms with E-state index in [1.54, 1.807) is 36.4 Å². The van der Waals surface area contributed by atoms with E-state index in [1.165, 1.54) is 6.08 Å². The molecule has 7 nitrogen and oxygen atoms in total. The number of nitrogens with one attached hydrogen (secondary N) is 1. The lowest BCUT2D eigenvalue weighted by Crippen LogP contribution is -2.54. The Hall–Kier alpha value is -3.61. The maximum Gasteiger partial charge on any atom is 0.335 e. The first-order chi connectivity index (χ1) is 13.9. The van der Waals surface area contributed by atoms with E-state index in [-0.39, 0.29) is 5.57 Å². The predicted molar refractivity (Wildman–Crippen MR) is 109 cm³/mol. The average Bonchev–Trinajstić information content (AvgIpc) is 2.67. The maximum absolute atomic E-state index is 13.0. The largest absolute Gasteiger partial charge is 0.494 e. The van der Waals surface area contributed by atoms with Gasteiger partial charge in [0.25, 0.3) is 11.8 Å². The number of imide groups is 2. The third kappa shape index (κ3) is 4.29. The second-order valence-electron chi connectivity index (χ2n) is 6.36. The smallest absolute Gasteiger partial charge is 0.335 e. The molecule has 0 saturated carbocycles. The van der Waals surface area contributed by atoms with Gasteiger partial charge < -0.3 is 9.47 Å². The van der Waals surface area contributed by atoms with E-state index < -0.39 is 17.8 Å². The topological polar surface area (TPSA) is 84.9 Å². The molecule has 0 unspecified atom stereocenters. The minimum absolute atomic E-state index is 0.156. The lowest BCUT2D eigenvalue weighted by Gasteiger charge is -2.26. The van der Waals surface area contributed by atoms with Crippen molar-refractivity contribution in [3.8, 4) is 11.5 Å². The Balaban J connectivity index is 2.02. The zero-order chi connectivity index (χ0) is 21.0. The zero-order valence-electron chi connectivity index (χ0n) is 16.5. The van der Waals surface area contributed by atoms with Crippen molar-refractivity contribution in [1.82, 2.24) is 5.32 Å². The highest BCUT2D eigenvalue weighted by atomic mass is 16.5. The fourth-order valence-corrected chi connectivity index (χ4v) is 2.99. The van der Waals surface area contributed by atoms with Gasteiger partial charge in [-0.25, -0.2) is 9.69 Å². The van der Waals surface area contributed by atoms with Crippen LogP contribution in [0.25, 0.3) is 6.08 Å². The van der Waals surface area contributed by atoms with Crippen LogP contribution in [-0.4, -0.2) is 31.1 Å². The number of anilines is 1. The van der Waals surface area contributed by atoms with Crippen LogP contribution in [0.3, 0.4) is 0 Å². The van der Waals surface area contributed by atoms with Crippen LogP contribution in [0, 0.1) is 6.92 Å². The Morgan fingerprint density at radius 3 is 2.45 bits per heavy atom. The maximum atomic E-state index is 13.0. The second kappa shape index (κ2) is 8.60. The molecule has 2 aromatic rings. The van der Waals surface area contributed by atoms with Gasteiger partial charge in [0.05, 0.1) is 18.9 Å². The highest BCUT2D eigenvalue weighted by Gasteiger charge is 2.37. The summed E-state index contributed by atoms with van der Waals surface area (Å²) in [6.45, 7) is 6.46. The van der Waals surface area contributed by atoms with Gasteiger partial charge in [0.15, 0.2) is 0 Å². The van der Waals surface area contributed by atoms with Gasteiger partial charge in [-0.1, -0.05) is 12.1 Å². The van der Waals surface area contributed by atoms with Crippen LogP contribution in [-0.2, 0) is 9.59 Å². The number of benzene rings is 2. The minimum Gasteiger partial charge on any atom is -0.494 e. The molecular weight excluding hydrogens is 372 g/mol. The van der Waals surface area contributed by atoms with Crippen LogP contribution in [0.15, 0.2) is 48.0 Å². The first kappa shape index (κ1) is 20.1. The molecule has 0 aliphatic carbocycles. The second-order valence-corrected chi connectivity index (χ2v) is 6.36. The first-order valence-electron chi connectivity index (χ1n) is 9.32. The predicted octanol–water partition coefficient (Wildman–Crippen LogP) is 3.46. The molecule has 1 aliphatic heterocycles. The van der Waals surface area contributed by atoms with Gasteiger partial charge in [-0.05, 0) is 56.7 Å². The normalized spacial score (nSPS) is 15.5. The van der Waals surface area contributed by atoms with Crippen molar-refractivity contribution in [1.29, 1.82) is 0 Å². The van der Waals surface area contributed by atoms with Crippen molar-refractivity contribution in [2.45, 2.75) is 20.8 Å². The van der Waals surface area contributed by atoms with Gasteiger partial charge in [-0.3, -0.25) is 14.9 Å². The number of carbonyl (C=O) groups is 3. The highest BCUT2D eigenvalue weighted by molar-refractivity contribution is 6.39. The van der Waals surface area contributed by atoms with Crippen LogP contribution in [0.2, 0.25) is 0 Å². The van der Waals surface area contributed by atoms with E-state index in [0.29, 0.717) is 36.0 Å². The Labute approximate surface area is 168 Å². The fourth-order valence-electron chi connectivity index (χ4n) is 2.99. The SMILES string of the molecule is CCOc1ccc(C=C2C(=O)NC(=O)N(c3cccc(C)c3)C2=O)c(OCC)c1. The quantitative estimate of drug-likeness (QED) is 0.599. The van der Waals surface area contributed by atoms with Crippen LogP contribution in [0.5, 0.6) is 11.5 Å². The number of nitrogens with zero attached hydrogens (tertiary/aromatic N) is 1. The van der Waals surface area contributed by atoms with E-state index in [2.05, 4.69) is 5.32 Å². The molecule has 29 heavy (non-hydrogen) atoms. The highest BCUT2D eigenvalue weighted by Crippen LogP contribution is 2.29. The van der Waals surface area contributed by atoms with Crippen LogP contribution < -0.4 is 19.7 Å². The third-order valence-electron chi connectivity index (χ3n) is 4.26. The van der Waals surface area contributed by atoms with E-state index in [9.17, 15) is 14.4 Å². The van der Waals surface area contributed by atoms with E-state index in [0.717, 1.165) is 10.5 Å².